The fraction of sp³-hybridized carbons (Fsp3) is 0.118. The Morgan fingerprint density at radius 1 is 0.772 bits per heavy atom. The molecule has 5 aromatic carbocycles. The van der Waals surface area contributed by atoms with E-state index in [0.29, 0.717) is 11.5 Å². The predicted molar refractivity (Wildman–Crippen MR) is 245 cm³/mol. The van der Waals surface area contributed by atoms with Crippen molar-refractivity contribution in [3.05, 3.63) is 204 Å². The summed E-state index contributed by atoms with van der Waals surface area (Å²) in [6.45, 7) is 0.921. The molecular formula is C51H43FI2N3-. The first-order valence-corrected chi connectivity index (χ1v) is 28.0. The Balaban J connectivity index is 0.929. The first kappa shape index (κ1) is 37.5. The van der Waals surface area contributed by atoms with Crippen LogP contribution in [0.2, 0.25) is 0 Å². The van der Waals surface area contributed by atoms with E-state index in [-0.39, 0.29) is 40.1 Å². The summed E-state index contributed by atoms with van der Waals surface area (Å²) in [5, 5.41) is 2.64. The second-order valence-corrected chi connectivity index (χ2v) is 22.7. The van der Waals surface area contributed by atoms with Gasteiger partial charge < -0.3 is 0 Å². The van der Waals surface area contributed by atoms with Gasteiger partial charge in [-0.3, -0.25) is 0 Å². The van der Waals surface area contributed by atoms with Gasteiger partial charge in [-0.05, 0) is 0 Å². The summed E-state index contributed by atoms with van der Waals surface area (Å²) < 4.78 is 22.7. The van der Waals surface area contributed by atoms with Crippen molar-refractivity contribution < 1.29 is 21.9 Å². The summed E-state index contributed by atoms with van der Waals surface area (Å²) >= 11 is -0.497. The van der Waals surface area contributed by atoms with Gasteiger partial charge in [0.25, 0.3) is 0 Å². The standard InChI is InChI=1S/C51H43FI2N3/c52-48-32-40(24-27-45(48)38-13-6-3-7-14-38)36-20-22-37(23-21-36)43(35-55)34-53-54-56-30-12-2-1-5-15-42-31-39(26-29-49(42)56)41-25-28-47-46-18-10-11-19-50(46)57(51(47)33-41)44-16-8-4-9-17-44/h1-8,10-14,16,18-25,27-29,31-35,39H,9,15,17,26,30,55H2/q-1/b5-1-,12-2-,43-35+. The normalized spacial score (nSPS) is 18.6. The van der Waals surface area contributed by atoms with Gasteiger partial charge in [-0.2, -0.15) is 0 Å². The summed E-state index contributed by atoms with van der Waals surface area (Å²) in [6, 6.07) is 39.5. The van der Waals surface area contributed by atoms with Gasteiger partial charge in [-0.15, -0.1) is 0 Å². The van der Waals surface area contributed by atoms with Crippen molar-refractivity contribution in [2.75, 3.05) is 6.54 Å². The molecule has 0 bridgehead atoms. The van der Waals surface area contributed by atoms with E-state index in [1.165, 1.54) is 44.3 Å². The zero-order chi connectivity index (χ0) is 38.6. The molecule has 1 aliphatic heterocycles. The van der Waals surface area contributed by atoms with E-state index in [9.17, 15) is 0 Å². The third kappa shape index (κ3) is 7.94. The molecule has 2 N–H and O–H groups in total. The van der Waals surface area contributed by atoms with Gasteiger partial charge in [-0.1, -0.05) is 36.4 Å². The molecule has 9 rings (SSSR count). The molecule has 6 aromatic rings. The van der Waals surface area contributed by atoms with E-state index < -0.39 is 0 Å². The molecular weight excluding hydrogens is 927 g/mol. The number of halogens is 3. The molecule has 57 heavy (non-hydrogen) atoms. The minimum atomic E-state index is -0.258. The van der Waals surface area contributed by atoms with Gasteiger partial charge in [0, 0.05) is 0 Å². The number of benzene rings is 5. The molecule has 1 atom stereocenters. The molecule has 6 heteroatoms. The second kappa shape index (κ2) is 17.2. The van der Waals surface area contributed by atoms with Crippen molar-refractivity contribution in [3.8, 4) is 22.3 Å². The van der Waals surface area contributed by atoms with Crippen LogP contribution in [-0.4, -0.2) is 18.2 Å². The Labute approximate surface area is 351 Å². The molecule has 284 valence electrons. The Hall–Kier alpha value is -5.06. The van der Waals surface area contributed by atoms with Crippen LogP contribution in [0.5, 0.6) is 0 Å². The molecule has 2 heterocycles. The zero-order valence-corrected chi connectivity index (χ0v) is 35.9. The third-order valence-corrected chi connectivity index (χ3v) is 19.4. The number of fused-ring (bicyclic) bond motifs is 4. The molecule has 0 fully saturated rings. The molecule has 1 unspecified atom stereocenters. The first-order valence-electron chi connectivity index (χ1n) is 19.5. The van der Waals surface area contributed by atoms with Crippen molar-refractivity contribution >= 4 is 53.8 Å². The molecule has 0 saturated heterocycles. The van der Waals surface area contributed by atoms with Crippen LogP contribution in [0.25, 0.3) is 55.3 Å². The number of rotatable bonds is 8. The van der Waals surface area contributed by atoms with Crippen LogP contribution in [0.1, 0.15) is 42.7 Å². The van der Waals surface area contributed by atoms with E-state index in [1.54, 1.807) is 12.3 Å². The van der Waals surface area contributed by atoms with Crippen molar-refractivity contribution in [2.45, 2.75) is 31.6 Å². The monoisotopic (exact) mass is 970 g/mol. The van der Waals surface area contributed by atoms with Crippen molar-refractivity contribution in [1.29, 1.82) is 0 Å². The number of hydrogen-bond donors (Lipinski definition) is 1. The van der Waals surface area contributed by atoms with Crippen LogP contribution in [0.3, 0.4) is 0 Å². The van der Waals surface area contributed by atoms with Gasteiger partial charge in [0.2, 0.25) is 0 Å². The Morgan fingerprint density at radius 3 is 2.40 bits per heavy atom. The fourth-order valence-electron chi connectivity index (χ4n) is 8.10. The van der Waals surface area contributed by atoms with Gasteiger partial charge in [0.05, 0.1) is 0 Å². The summed E-state index contributed by atoms with van der Waals surface area (Å²) in [4.78, 5) is 0. The van der Waals surface area contributed by atoms with Crippen molar-refractivity contribution in [1.82, 2.24) is 7.68 Å². The van der Waals surface area contributed by atoms with E-state index >= 15 is 4.39 Å². The van der Waals surface area contributed by atoms with Crippen LogP contribution in [0.15, 0.2) is 187 Å². The van der Waals surface area contributed by atoms with Gasteiger partial charge in [0.15, 0.2) is 0 Å². The van der Waals surface area contributed by atoms with Gasteiger partial charge >= 0.3 is 318 Å². The number of hydrogen-bond acceptors (Lipinski definition) is 2. The van der Waals surface area contributed by atoms with Crippen LogP contribution in [0.4, 0.5) is 4.39 Å². The molecule has 0 amide bonds. The summed E-state index contributed by atoms with van der Waals surface area (Å²) in [5.41, 5.74) is 19.9. The number of allylic oxidation sites excluding steroid dienone is 11. The Kier molecular flexibility index (Phi) is 11.3. The van der Waals surface area contributed by atoms with E-state index in [4.69, 9.17) is 5.73 Å². The molecule has 0 radical (unpaired) electrons. The predicted octanol–water partition coefficient (Wildman–Crippen LogP) is 10.3. The molecule has 3 nitrogen and oxygen atoms in total. The van der Waals surface area contributed by atoms with Crippen LogP contribution >= 0.6 is 16.8 Å². The van der Waals surface area contributed by atoms with Crippen molar-refractivity contribution in [3.63, 3.8) is 0 Å². The topological polar surface area (TPSA) is 34.2 Å². The van der Waals surface area contributed by atoms with E-state index in [1.807, 2.05) is 42.5 Å². The summed E-state index contributed by atoms with van der Waals surface area (Å²) in [7, 11) is 0. The fourth-order valence-corrected chi connectivity index (χ4v) is 16.8. The zero-order valence-electron chi connectivity index (χ0n) is 31.5. The maximum atomic E-state index is 15.2. The average Bonchev–Trinajstić information content (AvgIpc) is 3.64. The molecule has 2 aliphatic carbocycles. The van der Waals surface area contributed by atoms with Crippen LogP contribution < -0.4 is 23.2 Å². The quantitative estimate of drug-likeness (QED) is 0.122. The van der Waals surface area contributed by atoms with Crippen molar-refractivity contribution in [2.24, 2.45) is 5.73 Å². The van der Waals surface area contributed by atoms with E-state index in [0.717, 1.165) is 60.1 Å². The maximum absolute atomic E-state index is 15.2. The van der Waals surface area contributed by atoms with Gasteiger partial charge in [0.1, 0.15) is 0 Å². The third-order valence-electron chi connectivity index (χ3n) is 11.0. The Bertz CT molecular complexity index is 2710. The SMILES string of the molecule is N/C=C(\C=I[I-]N1C/C=C\C=C/CC2=CC(c3ccc4c5ccccc5n(C5=CC=CCC5)c4c3)CC=C21)c1ccc(-c2ccc(-c3ccccc3)c(F)c2)cc1. The molecule has 3 aliphatic rings. The number of aromatic nitrogens is 1. The molecule has 0 saturated carbocycles. The number of nitrogens with two attached hydrogens (primary N) is 1. The minimum absolute atomic E-state index is 0.216. The second-order valence-electron chi connectivity index (χ2n) is 14.5. The first-order chi connectivity index (χ1) is 28.1. The number of nitrogens with zero attached hydrogens (tertiary/aromatic N) is 2. The van der Waals surface area contributed by atoms with Crippen LogP contribution in [-0.2, 0) is 0 Å². The van der Waals surface area contributed by atoms with Crippen LogP contribution in [0, 0.1) is 5.82 Å². The molecule has 0 spiro atoms. The van der Waals surface area contributed by atoms with Gasteiger partial charge in [-0.25, -0.2) is 0 Å². The summed E-state index contributed by atoms with van der Waals surface area (Å²) in [5.74, 6) is 0.114. The summed E-state index contributed by atoms with van der Waals surface area (Å²) in [6.07, 6.45) is 26.6. The Morgan fingerprint density at radius 2 is 1.58 bits per heavy atom. The van der Waals surface area contributed by atoms with E-state index in [2.05, 4.69) is 133 Å². The average molecular weight is 971 g/mol. The molecule has 1 aromatic heterocycles. The number of para-hydroxylation sites is 1.